The van der Waals surface area contributed by atoms with E-state index in [1.165, 1.54) is 6.07 Å². The first kappa shape index (κ1) is 10.3. The minimum Gasteiger partial charge on any atom is -0.258 e. The van der Waals surface area contributed by atoms with Crippen LogP contribution < -0.4 is 0 Å². The Bertz CT molecular complexity index is 345. The molecule has 0 N–H and O–H groups in total. The van der Waals surface area contributed by atoms with Crippen LogP contribution in [0.25, 0.3) is 0 Å². The molecule has 0 aliphatic rings. The van der Waals surface area contributed by atoms with Crippen LogP contribution in [0.1, 0.15) is 0 Å². The van der Waals surface area contributed by atoms with Crippen molar-refractivity contribution < 1.29 is 4.92 Å². The first-order valence-electron chi connectivity index (χ1n) is 2.85. The van der Waals surface area contributed by atoms with E-state index in [1.54, 1.807) is 6.07 Å². The molecule has 0 fully saturated rings. The third kappa shape index (κ3) is 2.11. The van der Waals surface area contributed by atoms with Crippen molar-refractivity contribution in [3.05, 3.63) is 30.3 Å². The fourth-order valence-corrected chi connectivity index (χ4v) is 2.39. The summed E-state index contributed by atoms with van der Waals surface area (Å²) >= 11 is 9.20. The molecule has 0 aliphatic carbocycles. The van der Waals surface area contributed by atoms with E-state index in [4.69, 9.17) is 0 Å². The molecule has 0 atom stereocenters. The van der Waals surface area contributed by atoms with Crippen molar-refractivity contribution in [3.8, 4) is 0 Å². The van der Waals surface area contributed by atoms with Gasteiger partial charge in [-0.3, -0.25) is 10.1 Å². The molecule has 1 aromatic carbocycles. The SMILES string of the molecule is O=[N+]([O-])c1cc(I)cc(Br)c1S. The van der Waals surface area contributed by atoms with Crippen LogP contribution in [0.2, 0.25) is 0 Å². The normalized spacial score (nSPS) is 9.92. The van der Waals surface area contributed by atoms with E-state index in [-0.39, 0.29) is 5.69 Å². The van der Waals surface area contributed by atoms with Gasteiger partial charge in [-0.15, -0.1) is 12.6 Å². The van der Waals surface area contributed by atoms with Crippen LogP contribution in [0.4, 0.5) is 5.69 Å². The van der Waals surface area contributed by atoms with E-state index in [1.807, 2.05) is 22.6 Å². The Labute approximate surface area is 96.4 Å². The third-order valence-corrected chi connectivity index (χ3v) is 3.23. The number of hydrogen-bond donors (Lipinski definition) is 1. The summed E-state index contributed by atoms with van der Waals surface area (Å²) in [6, 6.07) is 3.25. The Balaban J connectivity index is 3.37. The van der Waals surface area contributed by atoms with E-state index in [2.05, 4.69) is 28.6 Å². The molecular weight excluding hydrogens is 357 g/mol. The van der Waals surface area contributed by atoms with Crippen LogP contribution in [-0.2, 0) is 0 Å². The predicted molar refractivity (Wildman–Crippen MR) is 60.8 cm³/mol. The maximum atomic E-state index is 10.5. The van der Waals surface area contributed by atoms with Gasteiger partial charge in [-0.1, -0.05) is 0 Å². The van der Waals surface area contributed by atoms with Crippen molar-refractivity contribution in [1.82, 2.24) is 0 Å². The third-order valence-electron chi connectivity index (χ3n) is 1.20. The van der Waals surface area contributed by atoms with Crippen LogP contribution in [0.3, 0.4) is 0 Å². The Kier molecular flexibility index (Phi) is 3.36. The van der Waals surface area contributed by atoms with Gasteiger partial charge in [-0.2, -0.15) is 0 Å². The van der Waals surface area contributed by atoms with Gasteiger partial charge in [0.25, 0.3) is 5.69 Å². The molecule has 0 amide bonds. The van der Waals surface area contributed by atoms with Crippen LogP contribution in [-0.4, -0.2) is 4.92 Å². The molecule has 0 radical (unpaired) electrons. The maximum absolute atomic E-state index is 10.5. The largest absolute Gasteiger partial charge is 0.284 e. The highest BCUT2D eigenvalue weighted by Crippen LogP contribution is 2.32. The molecule has 12 heavy (non-hydrogen) atoms. The number of thiol groups is 1. The minimum atomic E-state index is -0.449. The average molecular weight is 360 g/mol. The zero-order valence-electron chi connectivity index (χ0n) is 5.62. The lowest BCUT2D eigenvalue weighted by Gasteiger charge is -1.99. The summed E-state index contributed by atoms with van der Waals surface area (Å²) in [6.07, 6.45) is 0. The molecule has 0 saturated carbocycles. The topological polar surface area (TPSA) is 43.1 Å². The number of halogens is 2. The van der Waals surface area contributed by atoms with Gasteiger partial charge in [0.2, 0.25) is 0 Å². The van der Waals surface area contributed by atoms with Gasteiger partial charge in [-0.05, 0) is 44.6 Å². The molecule has 1 rings (SSSR count). The molecule has 0 aliphatic heterocycles. The lowest BCUT2D eigenvalue weighted by atomic mass is 10.3. The molecule has 0 spiro atoms. The molecule has 64 valence electrons. The highest BCUT2D eigenvalue weighted by atomic mass is 127. The molecule has 6 heteroatoms. The fourth-order valence-electron chi connectivity index (χ4n) is 0.692. The highest BCUT2D eigenvalue weighted by molar-refractivity contribution is 14.1. The van der Waals surface area contributed by atoms with Gasteiger partial charge in [0.15, 0.2) is 0 Å². The fraction of sp³-hybridized carbons (Fsp3) is 0. The molecule has 0 aromatic heterocycles. The second-order valence-electron chi connectivity index (χ2n) is 2.01. The summed E-state index contributed by atoms with van der Waals surface area (Å²) in [4.78, 5) is 10.4. The molecule has 1 aromatic rings. The first-order valence-corrected chi connectivity index (χ1v) is 5.16. The van der Waals surface area contributed by atoms with Gasteiger partial charge in [0.1, 0.15) is 0 Å². The molecule has 0 bridgehead atoms. The van der Waals surface area contributed by atoms with Gasteiger partial charge < -0.3 is 0 Å². The summed E-state index contributed by atoms with van der Waals surface area (Å²) in [6.45, 7) is 0. The zero-order chi connectivity index (χ0) is 9.30. The molecule has 3 nitrogen and oxygen atoms in total. The van der Waals surface area contributed by atoms with Gasteiger partial charge in [-0.25, -0.2) is 0 Å². The predicted octanol–water partition coefficient (Wildman–Crippen LogP) is 3.25. The highest BCUT2D eigenvalue weighted by Gasteiger charge is 2.14. The van der Waals surface area contributed by atoms with Crippen molar-refractivity contribution in [2.75, 3.05) is 0 Å². The smallest absolute Gasteiger partial charge is 0.258 e. The second kappa shape index (κ2) is 3.93. The van der Waals surface area contributed by atoms with Gasteiger partial charge in [0.05, 0.1) is 9.82 Å². The lowest BCUT2D eigenvalue weighted by Crippen LogP contribution is -1.91. The van der Waals surface area contributed by atoms with Crippen molar-refractivity contribution in [3.63, 3.8) is 0 Å². The molecule has 0 saturated heterocycles. The van der Waals surface area contributed by atoms with Crippen molar-refractivity contribution in [1.29, 1.82) is 0 Å². The summed E-state index contributed by atoms with van der Waals surface area (Å²) in [5.41, 5.74) is 0.0251. The molecule has 0 heterocycles. The monoisotopic (exact) mass is 359 g/mol. The summed E-state index contributed by atoms with van der Waals surface area (Å²) in [7, 11) is 0. The number of benzene rings is 1. The Morgan fingerprint density at radius 2 is 2.17 bits per heavy atom. The zero-order valence-corrected chi connectivity index (χ0v) is 10.3. The first-order chi connectivity index (χ1) is 5.52. The number of nitro benzene ring substituents is 1. The van der Waals surface area contributed by atoms with Crippen LogP contribution in [0.15, 0.2) is 21.5 Å². The quantitative estimate of drug-likeness (QED) is 0.362. The summed E-state index contributed by atoms with van der Waals surface area (Å²) in [5.74, 6) is 0. The number of rotatable bonds is 1. The standard InChI is InChI=1S/C6H3BrINO2S/c7-4-1-3(8)2-5(6(4)12)9(10)11/h1-2,12H. The van der Waals surface area contributed by atoms with E-state index < -0.39 is 4.92 Å². The van der Waals surface area contributed by atoms with Crippen LogP contribution >= 0.6 is 51.1 Å². The van der Waals surface area contributed by atoms with Gasteiger partial charge >= 0.3 is 0 Å². The number of nitrogens with zero attached hydrogens (tertiary/aromatic N) is 1. The second-order valence-corrected chi connectivity index (χ2v) is 4.56. The van der Waals surface area contributed by atoms with Crippen LogP contribution in [0, 0.1) is 13.7 Å². The Morgan fingerprint density at radius 3 is 2.67 bits per heavy atom. The Morgan fingerprint density at radius 1 is 1.58 bits per heavy atom. The average Bonchev–Trinajstić information content (AvgIpc) is 1.96. The lowest BCUT2D eigenvalue weighted by molar-refractivity contribution is -0.387. The maximum Gasteiger partial charge on any atom is 0.284 e. The number of nitro groups is 1. The summed E-state index contributed by atoms with van der Waals surface area (Å²) in [5, 5.41) is 10.5. The molecular formula is C6H3BrINO2S. The van der Waals surface area contributed by atoms with E-state index in [9.17, 15) is 10.1 Å². The van der Waals surface area contributed by atoms with E-state index in [0.717, 1.165) is 3.57 Å². The Hall–Kier alpha value is 0.180. The number of hydrogen-bond acceptors (Lipinski definition) is 3. The van der Waals surface area contributed by atoms with Crippen molar-refractivity contribution in [2.24, 2.45) is 0 Å². The van der Waals surface area contributed by atoms with E-state index in [0.29, 0.717) is 9.37 Å². The van der Waals surface area contributed by atoms with E-state index >= 15 is 0 Å². The minimum absolute atomic E-state index is 0.0251. The van der Waals surface area contributed by atoms with Crippen molar-refractivity contribution >= 4 is 56.8 Å². The van der Waals surface area contributed by atoms with Crippen LogP contribution in [0.5, 0.6) is 0 Å². The van der Waals surface area contributed by atoms with Gasteiger partial charge in [0, 0.05) is 14.1 Å². The molecule has 0 unspecified atom stereocenters. The van der Waals surface area contributed by atoms with Crippen molar-refractivity contribution in [2.45, 2.75) is 4.90 Å². The summed E-state index contributed by atoms with van der Waals surface area (Å²) < 4.78 is 1.45.